The topological polar surface area (TPSA) is 61.5 Å². The number of benzene rings is 1. The SMILES string of the molecule is COc1ccc(N)c(C(=O)C2=CCCCO2)c1. The summed E-state index contributed by atoms with van der Waals surface area (Å²) in [6.45, 7) is 0.585. The predicted octanol–water partition coefficient (Wildman–Crippen LogP) is 2.15. The molecule has 0 atom stereocenters. The van der Waals surface area contributed by atoms with Crippen LogP contribution in [0.25, 0.3) is 0 Å². The number of ketones is 1. The zero-order valence-corrected chi connectivity index (χ0v) is 9.73. The summed E-state index contributed by atoms with van der Waals surface area (Å²) in [7, 11) is 1.55. The Balaban J connectivity index is 2.32. The van der Waals surface area contributed by atoms with Crippen LogP contribution in [0.1, 0.15) is 23.2 Å². The molecule has 0 amide bonds. The summed E-state index contributed by atoms with van der Waals surface area (Å²) in [5.74, 6) is 0.816. The predicted molar refractivity (Wildman–Crippen MR) is 65.0 cm³/mol. The zero-order chi connectivity index (χ0) is 12.3. The van der Waals surface area contributed by atoms with Crippen LogP contribution in [0.15, 0.2) is 30.0 Å². The fourth-order valence-electron chi connectivity index (χ4n) is 1.71. The van der Waals surface area contributed by atoms with Crippen molar-refractivity contribution in [2.75, 3.05) is 19.5 Å². The van der Waals surface area contributed by atoms with Gasteiger partial charge >= 0.3 is 0 Å². The van der Waals surface area contributed by atoms with Crippen molar-refractivity contribution in [2.24, 2.45) is 0 Å². The fraction of sp³-hybridized carbons (Fsp3) is 0.308. The number of rotatable bonds is 3. The van der Waals surface area contributed by atoms with Gasteiger partial charge in [-0.1, -0.05) is 0 Å². The number of hydrogen-bond donors (Lipinski definition) is 1. The highest BCUT2D eigenvalue weighted by Gasteiger charge is 2.18. The molecule has 0 bridgehead atoms. The molecule has 1 aliphatic heterocycles. The van der Waals surface area contributed by atoms with Gasteiger partial charge < -0.3 is 15.2 Å². The van der Waals surface area contributed by atoms with Gasteiger partial charge in [0.15, 0.2) is 5.76 Å². The summed E-state index contributed by atoms with van der Waals surface area (Å²) in [5.41, 5.74) is 6.66. The second-order valence-corrected chi connectivity index (χ2v) is 3.84. The van der Waals surface area contributed by atoms with E-state index < -0.39 is 0 Å². The molecule has 0 aromatic heterocycles. The van der Waals surface area contributed by atoms with Gasteiger partial charge in [-0.05, 0) is 37.1 Å². The number of nitrogen functional groups attached to an aromatic ring is 1. The van der Waals surface area contributed by atoms with Crippen LogP contribution in [0.3, 0.4) is 0 Å². The van der Waals surface area contributed by atoms with Crippen molar-refractivity contribution in [1.29, 1.82) is 0 Å². The normalized spacial score (nSPS) is 14.8. The Hall–Kier alpha value is -1.97. The number of nitrogens with two attached hydrogens (primary N) is 1. The second-order valence-electron chi connectivity index (χ2n) is 3.84. The number of methoxy groups -OCH3 is 1. The van der Waals surface area contributed by atoms with Crippen molar-refractivity contribution in [3.05, 3.63) is 35.6 Å². The van der Waals surface area contributed by atoms with Crippen molar-refractivity contribution in [3.63, 3.8) is 0 Å². The highest BCUT2D eigenvalue weighted by Crippen LogP contribution is 2.24. The maximum Gasteiger partial charge on any atom is 0.229 e. The maximum absolute atomic E-state index is 12.2. The Morgan fingerprint density at radius 2 is 2.29 bits per heavy atom. The molecule has 0 fully saturated rings. The van der Waals surface area contributed by atoms with Crippen molar-refractivity contribution in [1.82, 2.24) is 0 Å². The Morgan fingerprint density at radius 3 is 2.94 bits per heavy atom. The standard InChI is InChI=1S/C13H15NO3/c1-16-9-5-6-11(14)10(8-9)13(15)12-4-2-3-7-17-12/h4-6,8H,2-3,7,14H2,1H3. The average molecular weight is 233 g/mol. The number of ether oxygens (including phenoxy) is 2. The van der Waals surface area contributed by atoms with Crippen LogP contribution in [0, 0.1) is 0 Å². The molecular formula is C13H15NO3. The first-order valence-corrected chi connectivity index (χ1v) is 5.53. The lowest BCUT2D eigenvalue weighted by atomic mass is 10.0. The molecule has 1 aromatic rings. The summed E-state index contributed by atoms with van der Waals surface area (Å²) in [5, 5.41) is 0. The molecule has 90 valence electrons. The number of anilines is 1. The van der Waals surface area contributed by atoms with Gasteiger partial charge in [0.05, 0.1) is 19.3 Å². The number of allylic oxidation sites excluding steroid dienone is 2. The van der Waals surface area contributed by atoms with Gasteiger partial charge in [0.2, 0.25) is 5.78 Å². The minimum absolute atomic E-state index is 0.180. The minimum Gasteiger partial charge on any atom is -0.497 e. The number of carbonyl (C=O) groups excluding carboxylic acids is 1. The lowest BCUT2D eigenvalue weighted by molar-refractivity contribution is 0.0899. The molecule has 1 aliphatic rings. The van der Waals surface area contributed by atoms with E-state index in [0.29, 0.717) is 29.4 Å². The molecule has 0 saturated heterocycles. The molecule has 1 heterocycles. The van der Waals surface area contributed by atoms with Crippen LogP contribution in [-0.4, -0.2) is 19.5 Å². The smallest absolute Gasteiger partial charge is 0.229 e. The molecule has 0 radical (unpaired) electrons. The van der Waals surface area contributed by atoms with Gasteiger partial charge in [-0.3, -0.25) is 4.79 Å². The molecule has 2 rings (SSSR count). The lowest BCUT2D eigenvalue weighted by Gasteiger charge is -2.15. The maximum atomic E-state index is 12.2. The van der Waals surface area contributed by atoms with Gasteiger partial charge in [0.25, 0.3) is 0 Å². The molecule has 1 aromatic carbocycles. The highest BCUT2D eigenvalue weighted by molar-refractivity contribution is 6.10. The third-order valence-electron chi connectivity index (χ3n) is 2.66. The number of carbonyl (C=O) groups is 1. The molecule has 4 heteroatoms. The van der Waals surface area contributed by atoms with E-state index in [4.69, 9.17) is 15.2 Å². The summed E-state index contributed by atoms with van der Waals surface area (Å²) in [4.78, 5) is 12.2. The first-order chi connectivity index (χ1) is 8.22. The molecular weight excluding hydrogens is 218 g/mol. The van der Waals surface area contributed by atoms with Crippen LogP contribution in [0.5, 0.6) is 5.75 Å². The number of hydrogen-bond acceptors (Lipinski definition) is 4. The second kappa shape index (κ2) is 4.91. The van der Waals surface area contributed by atoms with Crippen molar-refractivity contribution in [2.45, 2.75) is 12.8 Å². The quantitative estimate of drug-likeness (QED) is 0.642. The van der Waals surface area contributed by atoms with Crippen LogP contribution < -0.4 is 10.5 Å². The zero-order valence-electron chi connectivity index (χ0n) is 9.73. The molecule has 2 N–H and O–H groups in total. The van der Waals surface area contributed by atoms with Crippen LogP contribution in [-0.2, 0) is 4.74 Å². The summed E-state index contributed by atoms with van der Waals surface area (Å²) >= 11 is 0. The highest BCUT2D eigenvalue weighted by atomic mass is 16.5. The van der Waals surface area contributed by atoms with E-state index in [1.165, 1.54) is 0 Å². The Bertz CT molecular complexity index is 466. The molecule has 0 saturated carbocycles. The van der Waals surface area contributed by atoms with Crippen LogP contribution in [0.4, 0.5) is 5.69 Å². The Morgan fingerprint density at radius 1 is 1.47 bits per heavy atom. The van der Waals surface area contributed by atoms with Crippen molar-refractivity contribution < 1.29 is 14.3 Å². The first-order valence-electron chi connectivity index (χ1n) is 5.53. The molecule has 0 spiro atoms. The van der Waals surface area contributed by atoms with E-state index >= 15 is 0 Å². The van der Waals surface area contributed by atoms with E-state index in [9.17, 15) is 4.79 Å². The Labute approximate surface area is 100 Å². The summed E-state index contributed by atoms with van der Waals surface area (Å²) in [6, 6.07) is 5.02. The van der Waals surface area contributed by atoms with E-state index in [-0.39, 0.29) is 5.78 Å². The lowest BCUT2D eigenvalue weighted by Crippen LogP contribution is -2.13. The van der Waals surface area contributed by atoms with Crippen LogP contribution >= 0.6 is 0 Å². The van der Waals surface area contributed by atoms with Crippen molar-refractivity contribution >= 4 is 11.5 Å². The van der Waals surface area contributed by atoms with Gasteiger partial charge in [-0.15, -0.1) is 0 Å². The molecule has 17 heavy (non-hydrogen) atoms. The van der Waals surface area contributed by atoms with Gasteiger partial charge in [0, 0.05) is 5.69 Å². The van der Waals surface area contributed by atoms with Gasteiger partial charge in [-0.25, -0.2) is 0 Å². The fourth-order valence-corrected chi connectivity index (χ4v) is 1.71. The molecule has 0 aliphatic carbocycles. The number of Topliss-reactive ketones (excluding diaryl/α,β-unsaturated/α-hetero) is 1. The molecule has 4 nitrogen and oxygen atoms in total. The Kier molecular flexibility index (Phi) is 3.32. The van der Waals surface area contributed by atoms with Crippen LogP contribution in [0.2, 0.25) is 0 Å². The van der Waals surface area contributed by atoms with E-state index in [0.717, 1.165) is 12.8 Å². The van der Waals surface area contributed by atoms with E-state index in [2.05, 4.69) is 0 Å². The molecule has 0 unspecified atom stereocenters. The largest absolute Gasteiger partial charge is 0.497 e. The summed E-state index contributed by atoms with van der Waals surface area (Å²) < 4.78 is 10.4. The van der Waals surface area contributed by atoms with Crippen molar-refractivity contribution in [3.8, 4) is 5.75 Å². The summed E-state index contributed by atoms with van der Waals surface area (Å²) in [6.07, 6.45) is 3.63. The minimum atomic E-state index is -0.180. The van der Waals surface area contributed by atoms with E-state index in [1.54, 1.807) is 25.3 Å². The average Bonchev–Trinajstić information content (AvgIpc) is 2.39. The van der Waals surface area contributed by atoms with Gasteiger partial charge in [-0.2, -0.15) is 0 Å². The monoisotopic (exact) mass is 233 g/mol. The first kappa shape index (κ1) is 11.5. The van der Waals surface area contributed by atoms with Gasteiger partial charge in [0.1, 0.15) is 5.75 Å². The van der Waals surface area contributed by atoms with E-state index in [1.807, 2.05) is 6.08 Å². The third-order valence-corrected chi connectivity index (χ3v) is 2.66. The third kappa shape index (κ3) is 2.41.